The first-order valence-corrected chi connectivity index (χ1v) is 9.78. The zero-order valence-electron chi connectivity index (χ0n) is 22.1. The molecule has 12 heteroatoms. The number of benzene rings is 1. The van der Waals surface area contributed by atoms with Crippen LogP contribution in [0.2, 0.25) is 0 Å². The van der Waals surface area contributed by atoms with Gasteiger partial charge in [0.25, 0.3) is 5.91 Å². The molecule has 0 bridgehead atoms. The molecule has 4 rings (SSSR count). The van der Waals surface area contributed by atoms with Crippen molar-refractivity contribution in [2.24, 2.45) is 0 Å². The number of piperazine rings is 1. The largest absolute Gasteiger partial charge is 0.418 e. The predicted molar refractivity (Wildman–Crippen MR) is 116 cm³/mol. The Balaban J connectivity index is 2.01. The lowest BCUT2D eigenvalue weighted by Gasteiger charge is -2.45. The zero-order valence-corrected chi connectivity index (χ0v) is 18.1. The van der Waals surface area contributed by atoms with Gasteiger partial charge in [-0.05, 0) is 32.0 Å². The van der Waals surface area contributed by atoms with Gasteiger partial charge in [-0.15, -0.1) is 0 Å². The topological polar surface area (TPSA) is 121 Å². The van der Waals surface area contributed by atoms with Crippen LogP contribution in [0.15, 0.2) is 30.6 Å². The van der Waals surface area contributed by atoms with Crippen LogP contribution in [0.1, 0.15) is 37.4 Å². The number of aromatic nitrogens is 3. The molecule has 0 radical (unpaired) electrons. The molecular weight excluding hydrogens is 451 g/mol. The van der Waals surface area contributed by atoms with Crippen LogP contribution in [0.4, 0.5) is 24.7 Å². The Morgan fingerprint density at radius 2 is 2.00 bits per heavy atom. The van der Waals surface area contributed by atoms with Gasteiger partial charge in [-0.25, -0.2) is 9.50 Å². The highest BCUT2D eigenvalue weighted by Gasteiger charge is 2.44. The lowest BCUT2D eigenvalue weighted by molar-refractivity contribution is -0.145. The summed E-state index contributed by atoms with van der Waals surface area (Å²) in [5, 5.41) is 13.6. The number of halogens is 3. The smallest absolute Gasteiger partial charge is 0.382 e. The van der Waals surface area contributed by atoms with Crippen LogP contribution >= 0.6 is 0 Å². The minimum atomic E-state index is -4.84. The molecule has 0 unspecified atom stereocenters. The third-order valence-corrected chi connectivity index (χ3v) is 5.42. The highest BCUT2D eigenvalue weighted by Crippen LogP contribution is 2.40. The molecular formula is C22H20F3N7O2. The van der Waals surface area contributed by atoms with Gasteiger partial charge >= 0.3 is 6.18 Å². The number of nitriles is 1. The summed E-state index contributed by atoms with van der Waals surface area (Å²) in [7, 11) is 0. The van der Waals surface area contributed by atoms with Crippen molar-refractivity contribution in [1.82, 2.24) is 19.5 Å². The van der Waals surface area contributed by atoms with Crippen LogP contribution in [0.3, 0.4) is 0 Å². The van der Waals surface area contributed by atoms with E-state index in [0.717, 1.165) is 36.0 Å². The number of carbonyl (C=O) groups is 2. The van der Waals surface area contributed by atoms with Crippen molar-refractivity contribution in [3.05, 3.63) is 41.7 Å². The molecule has 2 aromatic heterocycles. The van der Waals surface area contributed by atoms with Gasteiger partial charge in [-0.3, -0.25) is 9.59 Å². The van der Waals surface area contributed by atoms with Crippen molar-refractivity contribution in [3.8, 4) is 17.3 Å². The summed E-state index contributed by atoms with van der Waals surface area (Å²) >= 11 is 0. The van der Waals surface area contributed by atoms with Gasteiger partial charge in [-0.2, -0.15) is 23.5 Å². The van der Waals surface area contributed by atoms with Crippen LogP contribution in [-0.2, 0) is 15.8 Å². The molecule has 1 fully saturated rings. The first-order valence-electron chi connectivity index (χ1n) is 11.8. The van der Waals surface area contributed by atoms with E-state index >= 15 is 0 Å². The van der Waals surface area contributed by atoms with Crippen LogP contribution in [0.25, 0.3) is 16.8 Å². The quantitative estimate of drug-likeness (QED) is 0.609. The molecule has 0 atom stereocenters. The summed E-state index contributed by atoms with van der Waals surface area (Å²) in [6, 6.07) is 6.06. The predicted octanol–water partition coefficient (Wildman–Crippen LogP) is 2.84. The molecule has 3 aromatic rings. The normalized spacial score (nSPS) is 20.8. The average Bonchev–Trinajstić information content (AvgIpc) is 3.19. The van der Waals surface area contributed by atoms with Gasteiger partial charge in [-0.1, -0.05) is 6.07 Å². The Morgan fingerprint density at radius 1 is 1.29 bits per heavy atom. The molecule has 34 heavy (non-hydrogen) atoms. The van der Waals surface area contributed by atoms with Crippen molar-refractivity contribution >= 4 is 28.8 Å². The highest BCUT2D eigenvalue weighted by molar-refractivity contribution is 6.04. The SMILES string of the molecule is [2H]C1([2H])N(c2cc(-c3cc(C(F)(F)F)c4c(N)ncnn34)ccc2C#N)C(=O)C(C)(C)N(C(C)=O)C1([2H])[2H]. The van der Waals surface area contributed by atoms with Gasteiger partial charge in [0.15, 0.2) is 5.82 Å². The molecule has 0 saturated carbocycles. The Morgan fingerprint density at radius 3 is 2.62 bits per heavy atom. The maximum absolute atomic E-state index is 13.8. The monoisotopic (exact) mass is 475 g/mol. The molecule has 0 aliphatic carbocycles. The molecule has 2 amide bonds. The second kappa shape index (κ2) is 7.72. The van der Waals surface area contributed by atoms with E-state index in [1.54, 1.807) is 6.07 Å². The molecule has 9 nitrogen and oxygen atoms in total. The van der Waals surface area contributed by atoms with E-state index in [1.165, 1.54) is 19.9 Å². The van der Waals surface area contributed by atoms with Crippen LogP contribution in [0.5, 0.6) is 0 Å². The summed E-state index contributed by atoms with van der Waals surface area (Å²) in [5.74, 6) is -2.40. The average molecular weight is 475 g/mol. The molecule has 1 saturated heterocycles. The molecule has 1 aromatic carbocycles. The molecule has 0 spiro atoms. The minimum absolute atomic E-state index is 0.0152. The van der Waals surface area contributed by atoms with E-state index < -0.39 is 59.1 Å². The first kappa shape index (κ1) is 18.3. The van der Waals surface area contributed by atoms with Gasteiger partial charge in [0.2, 0.25) is 5.91 Å². The number of hydrogen-bond donors (Lipinski definition) is 1. The lowest BCUT2D eigenvalue weighted by atomic mass is 9.95. The molecule has 2 N–H and O–H groups in total. The number of rotatable bonds is 2. The maximum atomic E-state index is 13.8. The van der Waals surface area contributed by atoms with Gasteiger partial charge in [0.1, 0.15) is 23.5 Å². The summed E-state index contributed by atoms with van der Waals surface area (Å²) in [4.78, 5) is 30.4. The second-order valence-corrected chi connectivity index (χ2v) is 7.97. The number of nitrogen functional groups attached to an aromatic ring is 1. The summed E-state index contributed by atoms with van der Waals surface area (Å²) in [6.07, 6.45) is -3.90. The van der Waals surface area contributed by atoms with E-state index in [4.69, 9.17) is 11.2 Å². The number of carbonyl (C=O) groups excluding carboxylic acids is 2. The van der Waals surface area contributed by atoms with Crippen LogP contribution in [-0.4, -0.2) is 49.8 Å². The number of anilines is 2. The second-order valence-electron chi connectivity index (χ2n) is 7.97. The number of alkyl halides is 3. The number of fused-ring (bicyclic) bond motifs is 1. The van der Waals surface area contributed by atoms with E-state index in [0.29, 0.717) is 9.80 Å². The van der Waals surface area contributed by atoms with Crippen LogP contribution < -0.4 is 10.6 Å². The number of nitrogens with zero attached hydrogens (tertiary/aromatic N) is 6. The van der Waals surface area contributed by atoms with Crippen molar-refractivity contribution in [1.29, 1.82) is 5.26 Å². The lowest BCUT2D eigenvalue weighted by Crippen LogP contribution is -2.64. The van der Waals surface area contributed by atoms with E-state index in [2.05, 4.69) is 10.1 Å². The third kappa shape index (κ3) is 3.49. The van der Waals surface area contributed by atoms with Gasteiger partial charge < -0.3 is 15.5 Å². The van der Waals surface area contributed by atoms with Crippen LogP contribution in [0, 0.1) is 11.3 Å². The maximum Gasteiger partial charge on any atom is 0.418 e. The fourth-order valence-electron chi connectivity index (χ4n) is 3.76. The van der Waals surface area contributed by atoms with Gasteiger partial charge in [0, 0.05) is 25.5 Å². The van der Waals surface area contributed by atoms with Crippen molar-refractivity contribution in [2.45, 2.75) is 32.5 Å². The number of hydrogen-bond acceptors (Lipinski definition) is 6. The zero-order chi connectivity index (χ0) is 28.6. The molecule has 1 aliphatic rings. The standard InChI is InChI=1S/C22H20F3N7O2/c1-12(33)31-7-6-30(20(34)21(31,2)3)16-8-13(4-5-14(16)10-26)17-9-15(22(23,24)25)18-19(27)28-11-29-32(17)18/h4-5,8-9,11H,6-7H2,1-3H3,(H2,27,28,29)/i6D2,7D2. The highest BCUT2D eigenvalue weighted by atomic mass is 19.4. The van der Waals surface area contributed by atoms with E-state index in [9.17, 15) is 28.0 Å². The molecule has 1 aliphatic heterocycles. The number of nitrogens with two attached hydrogens (primary N) is 1. The van der Waals surface area contributed by atoms with E-state index in [-0.39, 0.29) is 16.8 Å². The minimum Gasteiger partial charge on any atom is -0.382 e. The first-order chi connectivity index (χ1) is 17.4. The summed E-state index contributed by atoms with van der Waals surface area (Å²) < 4.78 is 76.3. The molecule has 3 heterocycles. The van der Waals surface area contributed by atoms with Crippen molar-refractivity contribution in [3.63, 3.8) is 0 Å². The fraction of sp³-hybridized carbons (Fsp3) is 0.318. The third-order valence-electron chi connectivity index (χ3n) is 5.42. The Bertz CT molecular complexity index is 1550. The summed E-state index contributed by atoms with van der Waals surface area (Å²) in [5.41, 5.74) is 1.28. The van der Waals surface area contributed by atoms with Crippen molar-refractivity contribution in [2.75, 3.05) is 23.6 Å². The Labute approximate surface area is 197 Å². The fourth-order valence-corrected chi connectivity index (χ4v) is 3.76. The van der Waals surface area contributed by atoms with E-state index in [1.807, 2.05) is 0 Å². The van der Waals surface area contributed by atoms with Crippen molar-refractivity contribution < 1.29 is 28.2 Å². The Kier molecular flexibility index (Phi) is 4.16. The Hall–Kier alpha value is -4.14. The molecule has 176 valence electrons. The number of amides is 2. The van der Waals surface area contributed by atoms with Gasteiger partial charge in [0.05, 0.1) is 28.0 Å². The summed E-state index contributed by atoms with van der Waals surface area (Å²) in [6.45, 7) is -2.82.